The van der Waals surface area contributed by atoms with Crippen molar-refractivity contribution in [2.24, 2.45) is 0 Å². The van der Waals surface area contributed by atoms with E-state index in [1.54, 1.807) is 30.8 Å². The van der Waals surface area contributed by atoms with Gasteiger partial charge in [0.25, 0.3) is 5.91 Å². The Bertz CT molecular complexity index is 951. The van der Waals surface area contributed by atoms with Gasteiger partial charge in [0.1, 0.15) is 0 Å². The first kappa shape index (κ1) is 20.1. The van der Waals surface area contributed by atoms with Crippen LogP contribution in [-0.2, 0) is 12.3 Å². The molecular weight excluding hydrogens is 390 g/mol. The van der Waals surface area contributed by atoms with Crippen molar-refractivity contribution in [3.8, 4) is 0 Å². The van der Waals surface area contributed by atoms with Gasteiger partial charge in [0.05, 0.1) is 12.2 Å². The number of thioether (sulfide) groups is 1. The van der Waals surface area contributed by atoms with E-state index in [4.69, 9.17) is 0 Å². The van der Waals surface area contributed by atoms with E-state index in [9.17, 15) is 9.59 Å². The van der Waals surface area contributed by atoms with Crippen molar-refractivity contribution in [2.45, 2.75) is 19.2 Å². The SMILES string of the molecule is CSCc1ccc(C(=O)NCc2csc(Nc3ccc(C(C)=O)cc3)n2)cc1. The van der Waals surface area contributed by atoms with Crippen LogP contribution < -0.4 is 10.6 Å². The van der Waals surface area contributed by atoms with E-state index >= 15 is 0 Å². The number of amides is 1. The number of rotatable bonds is 8. The Morgan fingerprint density at radius 1 is 1.04 bits per heavy atom. The third-order valence-electron chi connectivity index (χ3n) is 4.05. The first-order valence-electron chi connectivity index (χ1n) is 8.73. The smallest absolute Gasteiger partial charge is 0.251 e. The zero-order valence-electron chi connectivity index (χ0n) is 15.7. The number of nitrogens with one attached hydrogen (secondary N) is 2. The van der Waals surface area contributed by atoms with Gasteiger partial charge in [-0.25, -0.2) is 4.98 Å². The molecule has 2 aromatic carbocycles. The minimum Gasteiger partial charge on any atom is -0.346 e. The number of ketones is 1. The monoisotopic (exact) mass is 411 g/mol. The van der Waals surface area contributed by atoms with Crippen LogP contribution in [0.4, 0.5) is 10.8 Å². The van der Waals surface area contributed by atoms with E-state index in [-0.39, 0.29) is 11.7 Å². The largest absolute Gasteiger partial charge is 0.346 e. The average molecular weight is 412 g/mol. The van der Waals surface area contributed by atoms with Crippen LogP contribution in [0, 0.1) is 0 Å². The van der Waals surface area contributed by atoms with Crippen molar-refractivity contribution < 1.29 is 9.59 Å². The molecule has 3 rings (SSSR count). The van der Waals surface area contributed by atoms with Gasteiger partial charge in [-0.05, 0) is 55.1 Å². The van der Waals surface area contributed by atoms with E-state index in [1.165, 1.54) is 16.9 Å². The second-order valence-electron chi connectivity index (χ2n) is 6.22. The fourth-order valence-electron chi connectivity index (χ4n) is 2.55. The molecule has 0 spiro atoms. The van der Waals surface area contributed by atoms with Crippen molar-refractivity contribution in [2.75, 3.05) is 11.6 Å². The Morgan fingerprint density at radius 2 is 1.71 bits per heavy atom. The van der Waals surface area contributed by atoms with Gasteiger partial charge < -0.3 is 10.6 Å². The second kappa shape index (κ2) is 9.52. The van der Waals surface area contributed by atoms with Gasteiger partial charge in [0.15, 0.2) is 10.9 Å². The van der Waals surface area contributed by atoms with Gasteiger partial charge in [0, 0.05) is 27.9 Å². The van der Waals surface area contributed by atoms with E-state index < -0.39 is 0 Å². The Hall–Kier alpha value is -2.64. The number of anilines is 2. The fraction of sp³-hybridized carbons (Fsp3) is 0.190. The Balaban J connectivity index is 1.54. The molecule has 5 nitrogen and oxygen atoms in total. The molecule has 0 radical (unpaired) electrons. The lowest BCUT2D eigenvalue weighted by Crippen LogP contribution is -2.22. The van der Waals surface area contributed by atoms with Crippen LogP contribution in [0.1, 0.15) is 38.9 Å². The molecule has 144 valence electrons. The number of aromatic nitrogens is 1. The Labute approximate surface area is 172 Å². The van der Waals surface area contributed by atoms with Gasteiger partial charge in [-0.1, -0.05) is 12.1 Å². The van der Waals surface area contributed by atoms with Crippen LogP contribution in [0.15, 0.2) is 53.9 Å². The van der Waals surface area contributed by atoms with Crippen LogP contribution >= 0.6 is 23.1 Å². The van der Waals surface area contributed by atoms with Crippen LogP contribution in [0.25, 0.3) is 0 Å². The van der Waals surface area contributed by atoms with Crippen molar-refractivity contribution in [1.82, 2.24) is 10.3 Å². The quantitative estimate of drug-likeness (QED) is 0.517. The summed E-state index contributed by atoms with van der Waals surface area (Å²) in [6.45, 7) is 1.91. The molecular formula is C21H21N3O2S2. The van der Waals surface area contributed by atoms with Gasteiger partial charge in [-0.3, -0.25) is 9.59 Å². The number of benzene rings is 2. The highest BCUT2D eigenvalue weighted by Crippen LogP contribution is 2.21. The number of Topliss-reactive ketones (excluding diaryl/α,β-unsaturated/α-hetero) is 1. The summed E-state index contributed by atoms with van der Waals surface area (Å²) in [6, 6.07) is 14.9. The summed E-state index contributed by atoms with van der Waals surface area (Å²) in [5, 5.41) is 8.76. The van der Waals surface area contributed by atoms with Crippen LogP contribution in [0.2, 0.25) is 0 Å². The third kappa shape index (κ3) is 5.43. The normalized spacial score (nSPS) is 10.5. The van der Waals surface area contributed by atoms with Crippen molar-refractivity contribution in [3.05, 3.63) is 76.3 Å². The summed E-state index contributed by atoms with van der Waals surface area (Å²) in [4.78, 5) is 28.1. The predicted molar refractivity (Wildman–Crippen MR) is 117 cm³/mol. The van der Waals surface area contributed by atoms with Gasteiger partial charge in [-0.15, -0.1) is 11.3 Å². The molecule has 28 heavy (non-hydrogen) atoms. The summed E-state index contributed by atoms with van der Waals surface area (Å²) in [6.07, 6.45) is 2.05. The van der Waals surface area contributed by atoms with E-state index in [0.29, 0.717) is 17.7 Å². The third-order valence-corrected chi connectivity index (χ3v) is 5.48. The van der Waals surface area contributed by atoms with Gasteiger partial charge >= 0.3 is 0 Å². The summed E-state index contributed by atoms with van der Waals surface area (Å²) in [7, 11) is 0. The van der Waals surface area contributed by atoms with Crippen LogP contribution in [0.3, 0.4) is 0 Å². The summed E-state index contributed by atoms with van der Waals surface area (Å²) >= 11 is 3.22. The second-order valence-corrected chi connectivity index (χ2v) is 7.94. The lowest BCUT2D eigenvalue weighted by Gasteiger charge is -2.05. The topological polar surface area (TPSA) is 71.1 Å². The Morgan fingerprint density at radius 3 is 2.36 bits per heavy atom. The predicted octanol–water partition coefficient (Wildman–Crippen LogP) is 4.88. The number of hydrogen-bond donors (Lipinski definition) is 2. The molecule has 1 heterocycles. The summed E-state index contributed by atoms with van der Waals surface area (Å²) in [5.74, 6) is 0.865. The number of carbonyl (C=O) groups excluding carboxylic acids is 2. The summed E-state index contributed by atoms with van der Waals surface area (Å²) < 4.78 is 0. The van der Waals surface area contributed by atoms with E-state index in [2.05, 4.69) is 21.9 Å². The average Bonchev–Trinajstić information content (AvgIpc) is 3.15. The molecule has 1 aromatic heterocycles. The minimum absolute atomic E-state index is 0.0396. The number of thiazole rings is 1. The molecule has 0 aliphatic carbocycles. The molecule has 0 bridgehead atoms. The summed E-state index contributed by atoms with van der Waals surface area (Å²) in [5.41, 5.74) is 4.18. The molecule has 0 aliphatic rings. The van der Waals surface area contributed by atoms with Gasteiger partial charge in [0.2, 0.25) is 0 Å². The van der Waals surface area contributed by atoms with Gasteiger partial charge in [-0.2, -0.15) is 11.8 Å². The number of nitrogens with zero attached hydrogens (tertiary/aromatic N) is 1. The highest BCUT2D eigenvalue weighted by molar-refractivity contribution is 7.97. The fourth-order valence-corrected chi connectivity index (χ4v) is 3.81. The maximum absolute atomic E-state index is 12.3. The zero-order chi connectivity index (χ0) is 19.9. The molecule has 0 aliphatic heterocycles. The molecule has 0 saturated carbocycles. The molecule has 0 unspecified atom stereocenters. The highest BCUT2D eigenvalue weighted by Gasteiger charge is 2.08. The molecule has 0 fully saturated rings. The lowest BCUT2D eigenvalue weighted by atomic mass is 10.1. The Kier molecular flexibility index (Phi) is 6.84. The standard InChI is InChI=1S/C21H21N3O2S2/c1-14(25)16-7-9-18(10-8-16)23-21-24-19(13-28-21)11-22-20(26)17-5-3-15(4-6-17)12-27-2/h3-10,13H,11-12H2,1-2H3,(H,22,26)(H,23,24). The maximum Gasteiger partial charge on any atom is 0.251 e. The lowest BCUT2D eigenvalue weighted by molar-refractivity contribution is 0.0949. The minimum atomic E-state index is -0.113. The number of hydrogen-bond acceptors (Lipinski definition) is 6. The first-order valence-corrected chi connectivity index (χ1v) is 11.0. The van der Waals surface area contributed by atoms with Crippen molar-refractivity contribution >= 4 is 45.6 Å². The molecule has 3 aromatic rings. The first-order chi connectivity index (χ1) is 13.5. The molecule has 0 saturated heterocycles. The zero-order valence-corrected chi connectivity index (χ0v) is 17.3. The molecule has 7 heteroatoms. The van der Waals surface area contributed by atoms with Crippen LogP contribution in [-0.4, -0.2) is 22.9 Å². The molecule has 2 N–H and O–H groups in total. The van der Waals surface area contributed by atoms with Crippen molar-refractivity contribution in [3.63, 3.8) is 0 Å². The van der Waals surface area contributed by atoms with Crippen molar-refractivity contribution in [1.29, 1.82) is 0 Å². The molecule has 0 atom stereocenters. The van der Waals surface area contributed by atoms with Crippen LogP contribution in [0.5, 0.6) is 0 Å². The van der Waals surface area contributed by atoms with E-state index in [0.717, 1.165) is 22.3 Å². The maximum atomic E-state index is 12.3. The molecule has 1 amide bonds. The van der Waals surface area contributed by atoms with E-state index in [1.807, 2.05) is 41.8 Å². The highest BCUT2D eigenvalue weighted by atomic mass is 32.2. The number of carbonyl (C=O) groups is 2.